The highest BCUT2D eigenvalue weighted by Crippen LogP contribution is 2.28. The molecule has 0 amide bonds. The molecule has 1 atom stereocenters. The lowest BCUT2D eigenvalue weighted by Gasteiger charge is -2.17. The Morgan fingerprint density at radius 2 is 2.27 bits per heavy atom. The number of rotatable bonds is 4. The third-order valence-electron chi connectivity index (χ3n) is 3.83. The molecule has 2 heterocycles. The molecule has 1 unspecified atom stereocenters. The van der Waals surface area contributed by atoms with Gasteiger partial charge in [0, 0.05) is 22.5 Å². The molecule has 0 aliphatic carbocycles. The van der Waals surface area contributed by atoms with Crippen LogP contribution in [0.25, 0.3) is 10.9 Å². The summed E-state index contributed by atoms with van der Waals surface area (Å²) in [7, 11) is 0. The second-order valence-electron chi connectivity index (χ2n) is 5.39. The predicted octanol–water partition coefficient (Wildman–Crippen LogP) is 3.61. The zero-order chi connectivity index (χ0) is 15.9. The van der Waals surface area contributed by atoms with E-state index in [-0.39, 0.29) is 11.6 Å². The number of aromatic nitrogens is 2. The van der Waals surface area contributed by atoms with Gasteiger partial charge in [0.25, 0.3) is 0 Å². The van der Waals surface area contributed by atoms with E-state index < -0.39 is 5.60 Å². The van der Waals surface area contributed by atoms with Gasteiger partial charge in [-0.1, -0.05) is 6.92 Å². The zero-order valence-electron chi connectivity index (χ0n) is 12.2. The van der Waals surface area contributed by atoms with Crippen molar-refractivity contribution in [3.63, 3.8) is 0 Å². The van der Waals surface area contributed by atoms with Gasteiger partial charge in [0.05, 0.1) is 11.3 Å². The number of thiazole rings is 1. The summed E-state index contributed by atoms with van der Waals surface area (Å²) < 4.78 is 13.2. The van der Waals surface area contributed by atoms with E-state index in [0.717, 1.165) is 0 Å². The summed E-state index contributed by atoms with van der Waals surface area (Å²) in [5.41, 5.74) is 0.472. The monoisotopic (exact) mass is 318 g/mol. The van der Waals surface area contributed by atoms with E-state index >= 15 is 0 Å². The van der Waals surface area contributed by atoms with Crippen molar-refractivity contribution >= 4 is 28.0 Å². The Balaban J connectivity index is 2.00. The maximum atomic E-state index is 13.2. The quantitative estimate of drug-likeness (QED) is 0.722. The summed E-state index contributed by atoms with van der Waals surface area (Å²) in [6.07, 6.45) is 2.07. The Kier molecular flexibility index (Phi) is 3.58. The molecule has 22 heavy (non-hydrogen) atoms. The van der Waals surface area contributed by atoms with Crippen molar-refractivity contribution < 1.29 is 14.3 Å². The second-order valence-corrected chi connectivity index (χ2v) is 6.24. The first kappa shape index (κ1) is 14.9. The highest BCUT2D eigenvalue weighted by atomic mass is 32.1. The van der Waals surface area contributed by atoms with E-state index in [1.807, 2.05) is 6.92 Å². The standard InChI is InChI=1S/C16H15FN2O2S/c1-3-16(2,21)13-8-22-15(19-13)14(20)11-7-18-12-6-9(17)4-5-10(11)12/h4-8,18,21H,3H2,1-2H3. The number of H-pyrrole nitrogens is 1. The van der Waals surface area contributed by atoms with Crippen molar-refractivity contribution in [3.8, 4) is 0 Å². The van der Waals surface area contributed by atoms with E-state index in [1.165, 1.54) is 23.5 Å². The highest BCUT2D eigenvalue weighted by molar-refractivity contribution is 7.12. The molecule has 0 aliphatic rings. The fourth-order valence-electron chi connectivity index (χ4n) is 2.21. The smallest absolute Gasteiger partial charge is 0.223 e. The third kappa shape index (κ3) is 2.44. The van der Waals surface area contributed by atoms with E-state index in [4.69, 9.17) is 0 Å². The minimum absolute atomic E-state index is 0.235. The molecule has 0 bridgehead atoms. The van der Waals surface area contributed by atoms with Crippen molar-refractivity contribution in [1.82, 2.24) is 9.97 Å². The van der Waals surface area contributed by atoms with Crippen LogP contribution in [0, 0.1) is 5.82 Å². The molecule has 2 aromatic heterocycles. The third-order valence-corrected chi connectivity index (χ3v) is 4.67. The molecule has 0 saturated carbocycles. The number of benzene rings is 1. The Labute approximate surface area is 130 Å². The molecule has 1 aromatic carbocycles. The number of carbonyl (C=O) groups is 1. The summed E-state index contributed by atoms with van der Waals surface area (Å²) in [6.45, 7) is 3.53. The van der Waals surface area contributed by atoms with Gasteiger partial charge in [0.15, 0.2) is 5.01 Å². The highest BCUT2D eigenvalue weighted by Gasteiger charge is 2.26. The molecule has 3 aromatic rings. The number of halogens is 1. The number of fused-ring (bicyclic) bond motifs is 1. The van der Waals surface area contributed by atoms with Crippen LogP contribution in [-0.2, 0) is 5.60 Å². The summed E-state index contributed by atoms with van der Waals surface area (Å²) in [4.78, 5) is 19.7. The number of nitrogens with one attached hydrogen (secondary N) is 1. The average Bonchev–Trinajstić information content (AvgIpc) is 3.13. The number of ketones is 1. The van der Waals surface area contributed by atoms with Crippen LogP contribution < -0.4 is 0 Å². The fourth-order valence-corrected chi connectivity index (χ4v) is 3.11. The van der Waals surface area contributed by atoms with Gasteiger partial charge in [-0.25, -0.2) is 9.37 Å². The van der Waals surface area contributed by atoms with Gasteiger partial charge in [-0.3, -0.25) is 4.79 Å². The summed E-state index contributed by atoms with van der Waals surface area (Å²) in [5, 5.41) is 12.9. The van der Waals surface area contributed by atoms with Crippen LogP contribution in [0.4, 0.5) is 4.39 Å². The molecular formula is C16H15FN2O2S. The van der Waals surface area contributed by atoms with E-state index in [9.17, 15) is 14.3 Å². The van der Waals surface area contributed by atoms with Gasteiger partial charge in [0.2, 0.25) is 5.78 Å². The number of nitrogens with zero attached hydrogens (tertiary/aromatic N) is 1. The van der Waals surface area contributed by atoms with Gasteiger partial charge in [0.1, 0.15) is 11.4 Å². The van der Waals surface area contributed by atoms with Gasteiger partial charge < -0.3 is 10.1 Å². The molecule has 0 radical (unpaired) electrons. The first-order chi connectivity index (χ1) is 10.4. The predicted molar refractivity (Wildman–Crippen MR) is 83.7 cm³/mol. The average molecular weight is 318 g/mol. The first-order valence-electron chi connectivity index (χ1n) is 6.92. The minimum Gasteiger partial charge on any atom is -0.384 e. The SMILES string of the molecule is CCC(C)(O)c1csc(C(=O)c2c[nH]c3cc(F)ccc23)n1. The maximum absolute atomic E-state index is 13.2. The number of carbonyl (C=O) groups excluding carboxylic acids is 1. The van der Waals surface area contributed by atoms with Crippen LogP contribution in [-0.4, -0.2) is 20.9 Å². The molecule has 6 heteroatoms. The topological polar surface area (TPSA) is 66.0 Å². The number of aromatic amines is 1. The molecule has 4 nitrogen and oxygen atoms in total. The second kappa shape index (κ2) is 5.30. The van der Waals surface area contributed by atoms with Crippen LogP contribution in [0.2, 0.25) is 0 Å². The van der Waals surface area contributed by atoms with Crippen molar-refractivity contribution in [2.75, 3.05) is 0 Å². The van der Waals surface area contributed by atoms with Crippen molar-refractivity contribution in [3.05, 3.63) is 51.9 Å². The molecule has 0 saturated heterocycles. The number of hydrogen-bond donors (Lipinski definition) is 2. The normalized spacial score (nSPS) is 14.2. The molecule has 0 spiro atoms. The fraction of sp³-hybridized carbons (Fsp3) is 0.250. The van der Waals surface area contributed by atoms with E-state index in [2.05, 4.69) is 9.97 Å². The van der Waals surface area contributed by atoms with Gasteiger partial charge in [-0.2, -0.15) is 0 Å². The zero-order valence-corrected chi connectivity index (χ0v) is 13.0. The number of aliphatic hydroxyl groups is 1. The molecular weight excluding hydrogens is 303 g/mol. The van der Waals surface area contributed by atoms with E-state index in [0.29, 0.717) is 33.6 Å². The van der Waals surface area contributed by atoms with Crippen LogP contribution in [0.1, 0.15) is 41.3 Å². The number of hydrogen-bond acceptors (Lipinski definition) is 4. The lowest BCUT2D eigenvalue weighted by Crippen LogP contribution is -2.20. The molecule has 0 aliphatic heterocycles. The lowest BCUT2D eigenvalue weighted by atomic mass is 10.0. The summed E-state index contributed by atoms with van der Waals surface area (Å²) in [6, 6.07) is 4.24. The first-order valence-corrected chi connectivity index (χ1v) is 7.80. The van der Waals surface area contributed by atoms with Gasteiger partial charge in [-0.05, 0) is 31.5 Å². The van der Waals surface area contributed by atoms with Crippen molar-refractivity contribution in [1.29, 1.82) is 0 Å². The van der Waals surface area contributed by atoms with Crippen LogP contribution in [0.5, 0.6) is 0 Å². The Hall–Kier alpha value is -2.05. The summed E-state index contributed by atoms with van der Waals surface area (Å²) >= 11 is 1.20. The Bertz CT molecular complexity index is 851. The molecule has 3 rings (SSSR count). The largest absolute Gasteiger partial charge is 0.384 e. The van der Waals surface area contributed by atoms with Crippen LogP contribution in [0.15, 0.2) is 29.8 Å². The van der Waals surface area contributed by atoms with Crippen LogP contribution >= 0.6 is 11.3 Å². The summed E-state index contributed by atoms with van der Waals surface area (Å²) in [5.74, 6) is -0.593. The van der Waals surface area contributed by atoms with E-state index in [1.54, 1.807) is 24.6 Å². The Morgan fingerprint density at radius 3 is 3.00 bits per heavy atom. The Morgan fingerprint density at radius 1 is 1.50 bits per heavy atom. The van der Waals surface area contributed by atoms with Gasteiger partial charge in [-0.15, -0.1) is 11.3 Å². The van der Waals surface area contributed by atoms with Crippen LogP contribution in [0.3, 0.4) is 0 Å². The maximum Gasteiger partial charge on any atom is 0.223 e. The molecule has 114 valence electrons. The van der Waals surface area contributed by atoms with Crippen molar-refractivity contribution in [2.45, 2.75) is 25.9 Å². The molecule has 0 fully saturated rings. The lowest BCUT2D eigenvalue weighted by molar-refractivity contribution is 0.0490. The van der Waals surface area contributed by atoms with Crippen molar-refractivity contribution in [2.24, 2.45) is 0 Å². The molecule has 2 N–H and O–H groups in total. The minimum atomic E-state index is -1.04. The van der Waals surface area contributed by atoms with Gasteiger partial charge >= 0.3 is 0 Å².